The van der Waals surface area contributed by atoms with Gasteiger partial charge in [-0.15, -0.1) is 0 Å². The van der Waals surface area contributed by atoms with Gasteiger partial charge >= 0.3 is 0 Å². The van der Waals surface area contributed by atoms with Crippen LogP contribution < -0.4 is 5.73 Å². The number of hydrogen-bond donors (Lipinski definition) is 1. The van der Waals surface area contributed by atoms with Crippen molar-refractivity contribution in [1.29, 1.82) is 0 Å². The molecular weight excluding hydrogens is 186 g/mol. The summed E-state index contributed by atoms with van der Waals surface area (Å²) in [7, 11) is 0. The van der Waals surface area contributed by atoms with E-state index in [1.54, 1.807) is 0 Å². The zero-order valence-electron chi connectivity index (χ0n) is 10.3. The van der Waals surface area contributed by atoms with Gasteiger partial charge in [0.05, 0.1) is 5.54 Å². The van der Waals surface area contributed by atoms with Crippen LogP contribution in [0.15, 0.2) is 6.07 Å². The summed E-state index contributed by atoms with van der Waals surface area (Å²) >= 11 is 0. The molecule has 1 unspecified atom stereocenters. The van der Waals surface area contributed by atoms with E-state index in [0.717, 1.165) is 23.6 Å². The van der Waals surface area contributed by atoms with Crippen molar-refractivity contribution < 1.29 is 0 Å². The van der Waals surface area contributed by atoms with Crippen molar-refractivity contribution in [2.24, 2.45) is 5.73 Å². The van der Waals surface area contributed by atoms with Crippen LogP contribution in [0.1, 0.15) is 57.2 Å². The van der Waals surface area contributed by atoms with Crippen LogP contribution >= 0.6 is 0 Å². The van der Waals surface area contributed by atoms with Gasteiger partial charge in [-0.05, 0) is 32.3 Å². The van der Waals surface area contributed by atoms with Crippen LogP contribution in [0.25, 0.3) is 0 Å². The van der Waals surface area contributed by atoms with Crippen LogP contribution in [0.4, 0.5) is 0 Å². The minimum atomic E-state index is -0.421. The topological polar surface area (TPSA) is 51.8 Å². The normalized spacial score (nSPS) is 15.4. The minimum Gasteiger partial charge on any atom is -0.319 e. The van der Waals surface area contributed by atoms with E-state index in [4.69, 9.17) is 5.73 Å². The Morgan fingerprint density at radius 1 is 1.40 bits per heavy atom. The molecule has 0 aliphatic rings. The predicted octanol–water partition coefficient (Wildman–Crippen LogP) is 2.49. The number of nitrogens with zero attached hydrogens (tertiary/aromatic N) is 2. The highest BCUT2D eigenvalue weighted by Crippen LogP contribution is 2.20. The Bertz CT molecular complexity index is 343. The van der Waals surface area contributed by atoms with Crippen LogP contribution in [-0.4, -0.2) is 9.97 Å². The molecule has 1 aromatic heterocycles. The summed E-state index contributed by atoms with van der Waals surface area (Å²) in [5, 5.41) is 0. The Balaban J connectivity index is 3.20. The van der Waals surface area contributed by atoms with E-state index in [1.807, 2.05) is 19.9 Å². The van der Waals surface area contributed by atoms with E-state index in [9.17, 15) is 0 Å². The van der Waals surface area contributed by atoms with E-state index >= 15 is 0 Å². The second kappa shape index (κ2) is 4.27. The Morgan fingerprint density at radius 2 is 2.00 bits per heavy atom. The maximum atomic E-state index is 6.15. The number of aromatic nitrogens is 2. The highest BCUT2D eigenvalue weighted by atomic mass is 15.0. The molecule has 84 valence electrons. The first-order valence-corrected chi connectivity index (χ1v) is 5.51. The average molecular weight is 207 g/mol. The summed E-state index contributed by atoms with van der Waals surface area (Å²) in [5.74, 6) is 1.17. The molecule has 0 spiro atoms. The van der Waals surface area contributed by atoms with E-state index in [0.29, 0.717) is 5.92 Å². The third kappa shape index (κ3) is 2.75. The monoisotopic (exact) mass is 207 g/mol. The van der Waals surface area contributed by atoms with E-state index < -0.39 is 5.54 Å². The maximum Gasteiger partial charge on any atom is 0.148 e. The summed E-state index contributed by atoms with van der Waals surface area (Å²) in [6.07, 6.45) is 0.841. The zero-order valence-corrected chi connectivity index (χ0v) is 10.3. The van der Waals surface area contributed by atoms with Crippen molar-refractivity contribution in [2.45, 2.75) is 52.5 Å². The van der Waals surface area contributed by atoms with Gasteiger partial charge in [-0.25, -0.2) is 9.97 Å². The quantitative estimate of drug-likeness (QED) is 0.828. The molecule has 15 heavy (non-hydrogen) atoms. The fourth-order valence-electron chi connectivity index (χ4n) is 1.30. The van der Waals surface area contributed by atoms with Gasteiger partial charge in [-0.2, -0.15) is 0 Å². The van der Waals surface area contributed by atoms with Crippen LogP contribution in [0.3, 0.4) is 0 Å². The summed E-state index contributed by atoms with van der Waals surface area (Å²) in [4.78, 5) is 8.96. The summed E-state index contributed by atoms with van der Waals surface area (Å²) in [6, 6.07) is 2.03. The Labute approximate surface area is 92.1 Å². The van der Waals surface area contributed by atoms with Gasteiger partial charge in [0.2, 0.25) is 0 Å². The molecule has 0 bridgehead atoms. The summed E-state index contributed by atoms with van der Waals surface area (Å²) < 4.78 is 0. The van der Waals surface area contributed by atoms with Crippen molar-refractivity contribution in [2.75, 3.05) is 0 Å². The van der Waals surface area contributed by atoms with Gasteiger partial charge in [-0.1, -0.05) is 20.8 Å². The standard InChI is InChI=1S/C12H21N3/c1-6-12(5,13)11-14-9(4)7-10(15-11)8(2)3/h7-8H,6,13H2,1-5H3. The van der Waals surface area contributed by atoms with Crippen molar-refractivity contribution >= 4 is 0 Å². The lowest BCUT2D eigenvalue weighted by atomic mass is 9.98. The van der Waals surface area contributed by atoms with E-state index in [-0.39, 0.29) is 0 Å². The van der Waals surface area contributed by atoms with Crippen LogP contribution in [0, 0.1) is 6.92 Å². The molecule has 0 amide bonds. The molecule has 0 saturated carbocycles. The molecule has 1 atom stereocenters. The van der Waals surface area contributed by atoms with E-state index in [1.165, 1.54) is 0 Å². The predicted molar refractivity (Wildman–Crippen MR) is 62.7 cm³/mol. The van der Waals surface area contributed by atoms with Crippen molar-refractivity contribution in [3.05, 3.63) is 23.3 Å². The summed E-state index contributed by atoms with van der Waals surface area (Å²) in [6.45, 7) is 10.3. The van der Waals surface area contributed by atoms with Crippen LogP contribution in [0.5, 0.6) is 0 Å². The fourth-order valence-corrected chi connectivity index (χ4v) is 1.30. The fraction of sp³-hybridized carbons (Fsp3) is 0.667. The van der Waals surface area contributed by atoms with Crippen molar-refractivity contribution in [3.8, 4) is 0 Å². The summed E-state index contributed by atoms with van der Waals surface area (Å²) in [5.41, 5.74) is 7.80. The molecule has 0 radical (unpaired) electrons. The molecule has 1 aromatic rings. The largest absolute Gasteiger partial charge is 0.319 e. The molecule has 1 heterocycles. The Kier molecular flexibility index (Phi) is 3.45. The van der Waals surface area contributed by atoms with Gasteiger partial charge in [0.25, 0.3) is 0 Å². The third-order valence-electron chi connectivity index (χ3n) is 2.71. The lowest BCUT2D eigenvalue weighted by Gasteiger charge is -2.22. The molecular formula is C12H21N3. The second-order valence-electron chi connectivity index (χ2n) is 4.68. The van der Waals surface area contributed by atoms with E-state index in [2.05, 4.69) is 30.7 Å². The van der Waals surface area contributed by atoms with Gasteiger partial charge in [0.1, 0.15) is 5.82 Å². The highest BCUT2D eigenvalue weighted by molar-refractivity contribution is 5.16. The smallest absolute Gasteiger partial charge is 0.148 e. The first kappa shape index (κ1) is 12.1. The molecule has 2 N–H and O–H groups in total. The van der Waals surface area contributed by atoms with Gasteiger partial charge < -0.3 is 5.73 Å². The van der Waals surface area contributed by atoms with Crippen molar-refractivity contribution in [3.63, 3.8) is 0 Å². The average Bonchev–Trinajstić information content (AvgIpc) is 2.16. The molecule has 0 aliphatic heterocycles. The molecule has 3 heteroatoms. The van der Waals surface area contributed by atoms with Crippen LogP contribution in [0.2, 0.25) is 0 Å². The molecule has 0 fully saturated rings. The first-order valence-electron chi connectivity index (χ1n) is 5.51. The van der Waals surface area contributed by atoms with Gasteiger partial charge in [-0.3, -0.25) is 0 Å². The third-order valence-corrected chi connectivity index (χ3v) is 2.71. The second-order valence-corrected chi connectivity index (χ2v) is 4.68. The number of rotatable bonds is 3. The van der Waals surface area contributed by atoms with Crippen LogP contribution in [-0.2, 0) is 5.54 Å². The van der Waals surface area contributed by atoms with Crippen molar-refractivity contribution in [1.82, 2.24) is 9.97 Å². The SMILES string of the molecule is CCC(C)(N)c1nc(C)cc(C(C)C)n1. The zero-order chi connectivity index (χ0) is 11.6. The number of aryl methyl sites for hydroxylation is 1. The molecule has 0 saturated heterocycles. The Hall–Kier alpha value is -0.960. The Morgan fingerprint density at radius 3 is 2.47 bits per heavy atom. The minimum absolute atomic E-state index is 0.415. The highest BCUT2D eigenvalue weighted by Gasteiger charge is 2.23. The van der Waals surface area contributed by atoms with Gasteiger partial charge in [0.15, 0.2) is 0 Å². The number of nitrogens with two attached hydrogens (primary N) is 1. The van der Waals surface area contributed by atoms with Gasteiger partial charge in [0, 0.05) is 11.4 Å². The lowest BCUT2D eigenvalue weighted by Crippen LogP contribution is -2.34. The maximum absolute atomic E-state index is 6.15. The lowest BCUT2D eigenvalue weighted by molar-refractivity contribution is 0.441. The molecule has 3 nitrogen and oxygen atoms in total. The first-order chi connectivity index (χ1) is 6.86. The number of hydrogen-bond acceptors (Lipinski definition) is 3. The molecule has 1 rings (SSSR count). The molecule has 0 aromatic carbocycles. The molecule has 0 aliphatic carbocycles.